The minimum Gasteiger partial charge on any atom is -0.303 e. The zero-order chi connectivity index (χ0) is 8.32. The molecule has 0 aliphatic heterocycles. The summed E-state index contributed by atoms with van der Waals surface area (Å²) in [5, 5.41) is 0. The molecule has 0 saturated carbocycles. The Balaban J connectivity index is 2.75. The van der Waals surface area contributed by atoms with Gasteiger partial charge in [0.05, 0.1) is 0 Å². The van der Waals surface area contributed by atoms with Crippen LogP contribution in [0, 0.1) is 11.3 Å². The first-order chi connectivity index (χ1) is 5.21. The quantitative estimate of drug-likeness (QED) is 0.439. The van der Waals surface area contributed by atoms with Crippen LogP contribution in [0.1, 0.15) is 33.1 Å². The molecule has 0 saturated heterocycles. The molecule has 1 nitrogen and oxygen atoms in total. The lowest BCUT2D eigenvalue weighted by atomic mass is 9.70. The average molecular weight is 152 g/mol. The Labute approximate surface area is 68.5 Å². The Hall–Kier alpha value is -0.590. The minimum absolute atomic E-state index is 0.0469. The van der Waals surface area contributed by atoms with E-state index in [1.807, 2.05) is 0 Å². The van der Waals surface area contributed by atoms with Crippen molar-refractivity contribution in [3.63, 3.8) is 0 Å². The van der Waals surface area contributed by atoms with Crippen molar-refractivity contribution in [2.24, 2.45) is 11.3 Å². The van der Waals surface area contributed by atoms with Gasteiger partial charge in [-0.05, 0) is 25.2 Å². The van der Waals surface area contributed by atoms with E-state index in [1.54, 1.807) is 0 Å². The van der Waals surface area contributed by atoms with Crippen LogP contribution < -0.4 is 0 Å². The van der Waals surface area contributed by atoms with Crippen LogP contribution in [0.25, 0.3) is 0 Å². The van der Waals surface area contributed by atoms with Gasteiger partial charge in [0.1, 0.15) is 6.29 Å². The third-order valence-electron chi connectivity index (χ3n) is 2.83. The smallest absolute Gasteiger partial charge is 0.126 e. The van der Waals surface area contributed by atoms with E-state index in [4.69, 9.17) is 0 Å². The molecule has 0 radical (unpaired) electrons. The number of aldehydes is 1. The van der Waals surface area contributed by atoms with Crippen molar-refractivity contribution in [2.75, 3.05) is 0 Å². The SMILES string of the molecule is CC(C)C1(C=O)CC=CCC1. The molecule has 1 aliphatic carbocycles. The monoisotopic (exact) mass is 152 g/mol. The summed E-state index contributed by atoms with van der Waals surface area (Å²) in [6.07, 6.45) is 8.50. The summed E-state index contributed by atoms with van der Waals surface area (Å²) < 4.78 is 0. The first-order valence-electron chi connectivity index (χ1n) is 4.32. The Kier molecular flexibility index (Phi) is 2.48. The van der Waals surface area contributed by atoms with Crippen LogP contribution in [-0.2, 0) is 4.79 Å². The molecule has 62 valence electrons. The van der Waals surface area contributed by atoms with Crippen molar-refractivity contribution in [1.82, 2.24) is 0 Å². The van der Waals surface area contributed by atoms with E-state index >= 15 is 0 Å². The molecule has 0 fully saturated rings. The highest BCUT2D eigenvalue weighted by atomic mass is 16.1. The fraction of sp³-hybridized carbons (Fsp3) is 0.700. The van der Waals surface area contributed by atoms with E-state index in [0.717, 1.165) is 25.5 Å². The van der Waals surface area contributed by atoms with E-state index in [2.05, 4.69) is 26.0 Å². The topological polar surface area (TPSA) is 17.1 Å². The van der Waals surface area contributed by atoms with Gasteiger partial charge >= 0.3 is 0 Å². The molecule has 0 spiro atoms. The molecule has 0 aromatic carbocycles. The molecule has 0 N–H and O–H groups in total. The third kappa shape index (κ3) is 1.52. The summed E-state index contributed by atoms with van der Waals surface area (Å²) in [6, 6.07) is 0. The standard InChI is InChI=1S/C10H16O/c1-9(2)10(8-11)6-4-3-5-7-10/h3-4,8-9H,5-7H2,1-2H3. The van der Waals surface area contributed by atoms with Crippen molar-refractivity contribution < 1.29 is 4.79 Å². The maximum absolute atomic E-state index is 10.9. The second-order valence-electron chi connectivity index (χ2n) is 3.72. The zero-order valence-electron chi connectivity index (χ0n) is 7.34. The maximum atomic E-state index is 10.9. The molecule has 0 bridgehead atoms. The molecule has 11 heavy (non-hydrogen) atoms. The lowest BCUT2D eigenvalue weighted by molar-refractivity contribution is -0.118. The van der Waals surface area contributed by atoms with Crippen LogP contribution in [0.3, 0.4) is 0 Å². The maximum Gasteiger partial charge on any atom is 0.126 e. The second-order valence-corrected chi connectivity index (χ2v) is 3.72. The van der Waals surface area contributed by atoms with E-state index in [9.17, 15) is 4.79 Å². The highest BCUT2D eigenvalue weighted by Crippen LogP contribution is 2.37. The largest absolute Gasteiger partial charge is 0.303 e. The number of hydrogen-bond acceptors (Lipinski definition) is 1. The Morgan fingerprint density at radius 2 is 2.18 bits per heavy atom. The number of carbonyl (C=O) groups excluding carboxylic acids is 1. The molecule has 1 rings (SSSR count). The fourth-order valence-electron chi connectivity index (χ4n) is 1.64. The summed E-state index contributed by atoms with van der Waals surface area (Å²) in [5.41, 5.74) is -0.0469. The van der Waals surface area contributed by atoms with Gasteiger partial charge in [-0.1, -0.05) is 26.0 Å². The van der Waals surface area contributed by atoms with Gasteiger partial charge in [-0.3, -0.25) is 0 Å². The Morgan fingerprint density at radius 1 is 1.45 bits per heavy atom. The van der Waals surface area contributed by atoms with E-state index in [0.29, 0.717) is 5.92 Å². The van der Waals surface area contributed by atoms with Gasteiger partial charge in [0, 0.05) is 5.41 Å². The number of hydrogen-bond donors (Lipinski definition) is 0. The summed E-state index contributed by atoms with van der Waals surface area (Å²) in [6.45, 7) is 4.26. The summed E-state index contributed by atoms with van der Waals surface area (Å²) in [5.74, 6) is 0.477. The van der Waals surface area contributed by atoms with Gasteiger partial charge in [0.25, 0.3) is 0 Å². The number of allylic oxidation sites excluding steroid dienone is 2. The van der Waals surface area contributed by atoms with Crippen LogP contribution in [-0.4, -0.2) is 6.29 Å². The molecule has 0 aromatic rings. The van der Waals surface area contributed by atoms with Gasteiger partial charge in [-0.15, -0.1) is 0 Å². The predicted molar refractivity (Wildman–Crippen MR) is 46.3 cm³/mol. The van der Waals surface area contributed by atoms with Gasteiger partial charge in [-0.2, -0.15) is 0 Å². The highest BCUT2D eigenvalue weighted by Gasteiger charge is 2.32. The van der Waals surface area contributed by atoms with Crippen LogP contribution in [0.5, 0.6) is 0 Å². The fourth-order valence-corrected chi connectivity index (χ4v) is 1.64. The van der Waals surface area contributed by atoms with Crippen LogP contribution in [0.15, 0.2) is 12.2 Å². The van der Waals surface area contributed by atoms with E-state index in [-0.39, 0.29) is 5.41 Å². The third-order valence-corrected chi connectivity index (χ3v) is 2.83. The number of carbonyl (C=O) groups is 1. The lowest BCUT2D eigenvalue weighted by Crippen LogP contribution is -2.29. The molecule has 1 atom stereocenters. The van der Waals surface area contributed by atoms with Crippen molar-refractivity contribution in [3.8, 4) is 0 Å². The Morgan fingerprint density at radius 3 is 2.45 bits per heavy atom. The molecule has 0 aromatic heterocycles. The lowest BCUT2D eigenvalue weighted by Gasteiger charge is -2.32. The average Bonchev–Trinajstić information content (AvgIpc) is 2.05. The first-order valence-corrected chi connectivity index (χ1v) is 4.32. The van der Waals surface area contributed by atoms with Crippen LogP contribution in [0.4, 0.5) is 0 Å². The van der Waals surface area contributed by atoms with Gasteiger partial charge in [-0.25, -0.2) is 0 Å². The summed E-state index contributed by atoms with van der Waals surface area (Å²) in [7, 11) is 0. The summed E-state index contributed by atoms with van der Waals surface area (Å²) in [4.78, 5) is 10.9. The molecule has 1 unspecified atom stereocenters. The molecule has 0 heterocycles. The van der Waals surface area contributed by atoms with E-state index < -0.39 is 0 Å². The minimum atomic E-state index is -0.0469. The van der Waals surface area contributed by atoms with Crippen molar-refractivity contribution in [2.45, 2.75) is 33.1 Å². The van der Waals surface area contributed by atoms with E-state index in [1.165, 1.54) is 0 Å². The van der Waals surface area contributed by atoms with Gasteiger partial charge in [0.15, 0.2) is 0 Å². The molecule has 1 aliphatic rings. The van der Waals surface area contributed by atoms with Crippen LogP contribution >= 0.6 is 0 Å². The Bertz CT molecular complexity index is 170. The second kappa shape index (κ2) is 3.21. The van der Waals surface area contributed by atoms with Gasteiger partial charge < -0.3 is 4.79 Å². The predicted octanol–water partition coefficient (Wildman–Crippen LogP) is 2.57. The molecular formula is C10H16O. The van der Waals surface area contributed by atoms with Crippen molar-refractivity contribution >= 4 is 6.29 Å². The first kappa shape index (κ1) is 8.51. The molecule has 0 amide bonds. The van der Waals surface area contributed by atoms with Crippen LogP contribution in [0.2, 0.25) is 0 Å². The highest BCUT2D eigenvalue weighted by molar-refractivity contribution is 5.60. The zero-order valence-corrected chi connectivity index (χ0v) is 7.34. The van der Waals surface area contributed by atoms with Crippen molar-refractivity contribution in [1.29, 1.82) is 0 Å². The number of rotatable bonds is 2. The van der Waals surface area contributed by atoms with Gasteiger partial charge in [0.2, 0.25) is 0 Å². The summed E-state index contributed by atoms with van der Waals surface area (Å²) >= 11 is 0. The molecule has 1 heteroatoms. The normalized spacial score (nSPS) is 30.8. The molecular weight excluding hydrogens is 136 g/mol. The van der Waals surface area contributed by atoms with Crippen molar-refractivity contribution in [3.05, 3.63) is 12.2 Å².